The van der Waals surface area contributed by atoms with Gasteiger partial charge in [-0.1, -0.05) is 6.42 Å². The van der Waals surface area contributed by atoms with Crippen molar-refractivity contribution in [2.45, 2.75) is 44.2 Å². The molecule has 1 aromatic rings. The molecular formula is C15H25Cl2N5O. The number of nitrogens with one attached hydrogen (secondary N) is 2. The molecule has 8 heteroatoms. The molecule has 6 nitrogen and oxygen atoms in total. The van der Waals surface area contributed by atoms with Crippen molar-refractivity contribution in [3.8, 4) is 0 Å². The fourth-order valence-electron chi connectivity index (χ4n) is 3.11. The van der Waals surface area contributed by atoms with Gasteiger partial charge in [-0.25, -0.2) is 0 Å². The molecule has 0 saturated carbocycles. The Balaban J connectivity index is 0.00000132. The maximum Gasteiger partial charge on any atom is 0.239 e. The van der Waals surface area contributed by atoms with Crippen molar-refractivity contribution in [1.82, 2.24) is 20.4 Å². The molecule has 2 aliphatic rings. The third kappa shape index (κ3) is 5.48. The number of carbonyl (C=O) groups excluding carboxylic acids is 1. The summed E-state index contributed by atoms with van der Waals surface area (Å²) >= 11 is 0. The second kappa shape index (κ2) is 9.90. The predicted molar refractivity (Wildman–Crippen MR) is 95.4 cm³/mol. The number of amides is 1. The molecule has 1 aromatic heterocycles. The van der Waals surface area contributed by atoms with E-state index in [1.54, 1.807) is 6.20 Å². The van der Waals surface area contributed by atoms with Crippen LogP contribution in [0.1, 0.15) is 32.1 Å². The number of aromatic nitrogens is 2. The van der Waals surface area contributed by atoms with Crippen LogP contribution in [0.4, 0.5) is 5.82 Å². The Morgan fingerprint density at radius 1 is 1.22 bits per heavy atom. The zero-order valence-electron chi connectivity index (χ0n) is 13.1. The average Bonchev–Trinajstić information content (AvgIpc) is 2.57. The van der Waals surface area contributed by atoms with Gasteiger partial charge in [0.15, 0.2) is 0 Å². The first-order valence-electron chi connectivity index (χ1n) is 7.89. The van der Waals surface area contributed by atoms with E-state index in [-0.39, 0.29) is 36.8 Å². The molecule has 1 atom stereocenters. The van der Waals surface area contributed by atoms with E-state index in [9.17, 15) is 4.79 Å². The number of carbonyl (C=O) groups is 1. The fourth-order valence-corrected chi connectivity index (χ4v) is 3.11. The van der Waals surface area contributed by atoms with Crippen molar-refractivity contribution < 1.29 is 4.79 Å². The van der Waals surface area contributed by atoms with E-state index in [4.69, 9.17) is 0 Å². The van der Waals surface area contributed by atoms with Crippen molar-refractivity contribution in [2.24, 2.45) is 0 Å². The first kappa shape index (κ1) is 19.9. The third-order valence-corrected chi connectivity index (χ3v) is 4.34. The van der Waals surface area contributed by atoms with Crippen LogP contribution in [0.25, 0.3) is 0 Å². The van der Waals surface area contributed by atoms with E-state index in [2.05, 4.69) is 20.8 Å². The Morgan fingerprint density at radius 3 is 2.61 bits per heavy atom. The molecule has 3 rings (SSSR count). The number of anilines is 1. The molecule has 23 heavy (non-hydrogen) atoms. The molecule has 1 amide bonds. The number of nitrogens with zero attached hydrogens (tertiary/aromatic N) is 3. The van der Waals surface area contributed by atoms with E-state index >= 15 is 0 Å². The second-order valence-electron chi connectivity index (χ2n) is 5.86. The summed E-state index contributed by atoms with van der Waals surface area (Å²) in [5.41, 5.74) is 0. The summed E-state index contributed by atoms with van der Waals surface area (Å²) in [5.74, 6) is 1.10. The molecule has 2 N–H and O–H groups in total. The molecule has 3 heterocycles. The van der Waals surface area contributed by atoms with E-state index in [0.717, 1.165) is 51.1 Å². The number of halogens is 2. The molecule has 0 radical (unpaired) electrons. The lowest BCUT2D eigenvalue weighted by Crippen LogP contribution is -2.51. The van der Waals surface area contributed by atoms with Gasteiger partial charge in [0.1, 0.15) is 5.82 Å². The largest absolute Gasteiger partial charge is 0.366 e. The summed E-state index contributed by atoms with van der Waals surface area (Å²) in [6, 6.07) is 4.23. The summed E-state index contributed by atoms with van der Waals surface area (Å²) in [5, 5.41) is 14.7. The first-order chi connectivity index (χ1) is 10.3. The first-order valence-corrected chi connectivity index (χ1v) is 7.89. The summed E-state index contributed by atoms with van der Waals surface area (Å²) in [6.07, 6.45) is 6.94. The SMILES string of the molecule is Cl.Cl.O=C([C@H]1CCCCN1)N1CCC(Nc2cccnn2)CC1. The third-order valence-electron chi connectivity index (χ3n) is 4.34. The molecule has 0 bridgehead atoms. The standard InChI is InChI=1S/C15H23N5O.2ClH/c21-15(13-4-1-2-8-16-13)20-10-6-12(7-11-20)18-14-5-3-9-17-19-14;;/h3,5,9,12-13,16H,1-2,4,6-8,10-11H2,(H,18,19);2*1H/t13-;;/m1../s1. The summed E-state index contributed by atoms with van der Waals surface area (Å²) < 4.78 is 0. The van der Waals surface area contributed by atoms with Crippen LogP contribution in [0.3, 0.4) is 0 Å². The zero-order chi connectivity index (χ0) is 14.5. The lowest BCUT2D eigenvalue weighted by molar-refractivity contribution is -0.135. The van der Waals surface area contributed by atoms with Crippen LogP contribution in [0.2, 0.25) is 0 Å². The monoisotopic (exact) mass is 361 g/mol. The van der Waals surface area contributed by atoms with Gasteiger partial charge in [-0.15, -0.1) is 29.9 Å². The van der Waals surface area contributed by atoms with Crippen molar-refractivity contribution in [3.05, 3.63) is 18.3 Å². The van der Waals surface area contributed by atoms with E-state index in [1.807, 2.05) is 17.0 Å². The maximum atomic E-state index is 12.4. The minimum atomic E-state index is 0. The molecule has 2 aliphatic heterocycles. The molecular weight excluding hydrogens is 337 g/mol. The molecule has 0 unspecified atom stereocenters. The van der Waals surface area contributed by atoms with E-state index in [0.29, 0.717) is 6.04 Å². The number of hydrogen-bond acceptors (Lipinski definition) is 5. The highest BCUT2D eigenvalue weighted by Crippen LogP contribution is 2.17. The molecule has 2 fully saturated rings. The Kier molecular flexibility index (Phi) is 8.58. The number of hydrogen-bond donors (Lipinski definition) is 2. The Morgan fingerprint density at radius 2 is 2.00 bits per heavy atom. The highest BCUT2D eigenvalue weighted by molar-refractivity contribution is 5.85. The second-order valence-corrected chi connectivity index (χ2v) is 5.86. The minimum Gasteiger partial charge on any atom is -0.366 e. The van der Waals surface area contributed by atoms with Crippen molar-refractivity contribution in [3.63, 3.8) is 0 Å². The van der Waals surface area contributed by atoms with Crippen LogP contribution in [-0.4, -0.2) is 52.7 Å². The van der Waals surface area contributed by atoms with Crippen LogP contribution in [0.15, 0.2) is 18.3 Å². The fraction of sp³-hybridized carbons (Fsp3) is 0.667. The highest BCUT2D eigenvalue weighted by Gasteiger charge is 2.28. The van der Waals surface area contributed by atoms with E-state index < -0.39 is 0 Å². The van der Waals surface area contributed by atoms with E-state index in [1.165, 1.54) is 6.42 Å². The Hall–Kier alpha value is -1.11. The van der Waals surface area contributed by atoms with Gasteiger partial charge in [0, 0.05) is 25.3 Å². The number of likely N-dealkylation sites (tertiary alicyclic amines) is 1. The summed E-state index contributed by atoms with van der Waals surface area (Å²) in [6.45, 7) is 2.63. The molecule has 130 valence electrons. The smallest absolute Gasteiger partial charge is 0.239 e. The van der Waals surface area contributed by atoms with Crippen LogP contribution < -0.4 is 10.6 Å². The van der Waals surface area contributed by atoms with Gasteiger partial charge in [-0.2, -0.15) is 5.10 Å². The van der Waals surface area contributed by atoms with Crippen LogP contribution in [0, 0.1) is 0 Å². The van der Waals surface area contributed by atoms with Crippen LogP contribution in [0.5, 0.6) is 0 Å². The Bertz CT molecular complexity index is 462. The van der Waals surface area contributed by atoms with Gasteiger partial charge < -0.3 is 15.5 Å². The van der Waals surface area contributed by atoms with Gasteiger partial charge in [-0.05, 0) is 44.4 Å². The van der Waals surface area contributed by atoms with Crippen LogP contribution >= 0.6 is 24.8 Å². The van der Waals surface area contributed by atoms with Crippen molar-refractivity contribution >= 4 is 36.5 Å². The molecule has 2 saturated heterocycles. The summed E-state index contributed by atoms with van der Waals surface area (Å²) in [4.78, 5) is 14.5. The summed E-state index contributed by atoms with van der Waals surface area (Å²) in [7, 11) is 0. The van der Waals surface area contributed by atoms with Gasteiger partial charge in [0.05, 0.1) is 6.04 Å². The molecule has 0 spiro atoms. The van der Waals surface area contributed by atoms with Crippen molar-refractivity contribution in [2.75, 3.05) is 25.0 Å². The average molecular weight is 362 g/mol. The molecule has 0 aliphatic carbocycles. The van der Waals surface area contributed by atoms with Gasteiger partial charge in [-0.3, -0.25) is 4.79 Å². The van der Waals surface area contributed by atoms with Crippen molar-refractivity contribution in [1.29, 1.82) is 0 Å². The minimum absolute atomic E-state index is 0. The maximum absolute atomic E-state index is 12.4. The normalized spacial score (nSPS) is 21.7. The molecule has 0 aromatic carbocycles. The number of piperidine rings is 2. The number of rotatable bonds is 3. The van der Waals surface area contributed by atoms with Gasteiger partial charge >= 0.3 is 0 Å². The van der Waals surface area contributed by atoms with Gasteiger partial charge in [0.25, 0.3) is 0 Å². The highest BCUT2D eigenvalue weighted by atomic mass is 35.5. The Labute approximate surface area is 149 Å². The lowest BCUT2D eigenvalue weighted by Gasteiger charge is -2.35. The van der Waals surface area contributed by atoms with Crippen LogP contribution in [-0.2, 0) is 4.79 Å². The quantitative estimate of drug-likeness (QED) is 0.859. The lowest BCUT2D eigenvalue weighted by atomic mass is 10.0. The van der Waals surface area contributed by atoms with Gasteiger partial charge in [0.2, 0.25) is 5.91 Å². The topological polar surface area (TPSA) is 70.2 Å². The predicted octanol–water partition coefficient (Wildman–Crippen LogP) is 1.87. The zero-order valence-corrected chi connectivity index (χ0v) is 14.7.